The van der Waals surface area contributed by atoms with Crippen LogP contribution in [0.15, 0.2) is 48.5 Å². The van der Waals surface area contributed by atoms with E-state index in [1.54, 1.807) is 6.07 Å². The summed E-state index contributed by atoms with van der Waals surface area (Å²) in [5.41, 5.74) is 0.628. The summed E-state index contributed by atoms with van der Waals surface area (Å²) in [6.45, 7) is 0. The van der Waals surface area contributed by atoms with Gasteiger partial charge in [0.05, 0.1) is 17.9 Å². The van der Waals surface area contributed by atoms with Crippen molar-refractivity contribution in [2.45, 2.75) is 0 Å². The Morgan fingerprint density at radius 3 is 2.18 bits per heavy atom. The Labute approximate surface area is 98.5 Å². The number of nitrogens with zero attached hydrogens (tertiary/aromatic N) is 1. The van der Waals surface area contributed by atoms with Crippen molar-refractivity contribution >= 4 is 21.7 Å². The highest BCUT2D eigenvalue weighted by molar-refractivity contribution is 6.05. The highest BCUT2D eigenvalue weighted by Crippen LogP contribution is 2.28. The number of fused-ring (bicyclic) bond motifs is 3. The van der Waals surface area contributed by atoms with E-state index in [2.05, 4.69) is 0 Å². The van der Waals surface area contributed by atoms with Crippen molar-refractivity contribution in [3.05, 3.63) is 53.7 Å². The molecular weight excluding hydrogens is 214 g/mol. The van der Waals surface area contributed by atoms with E-state index in [4.69, 9.17) is 4.74 Å². The molecule has 0 N–H and O–H groups in total. The van der Waals surface area contributed by atoms with Crippen LogP contribution in [0.25, 0.3) is 21.7 Å². The summed E-state index contributed by atoms with van der Waals surface area (Å²) in [6.07, 6.45) is 0. The fourth-order valence-electron chi connectivity index (χ4n) is 2.19. The van der Waals surface area contributed by atoms with Gasteiger partial charge in [0, 0.05) is 11.5 Å². The fraction of sp³-hybridized carbons (Fsp3) is 0.0714. The summed E-state index contributed by atoms with van der Waals surface area (Å²) in [5, 5.41) is 15.0. The maximum Gasteiger partial charge on any atom is 0.387 e. The highest BCUT2D eigenvalue weighted by Gasteiger charge is 2.17. The van der Waals surface area contributed by atoms with Crippen LogP contribution in [-0.2, 0) is 0 Å². The summed E-state index contributed by atoms with van der Waals surface area (Å²) in [6, 6.07) is 15.3. The van der Waals surface area contributed by atoms with Gasteiger partial charge in [0.15, 0.2) is 0 Å². The van der Waals surface area contributed by atoms with Gasteiger partial charge in [-0.15, -0.1) is 4.73 Å². The maximum absolute atomic E-state index is 12.2. The van der Waals surface area contributed by atoms with Gasteiger partial charge >= 0.3 is 5.88 Å². The number of aromatic nitrogens is 1. The van der Waals surface area contributed by atoms with Crippen molar-refractivity contribution in [3.63, 3.8) is 0 Å². The lowest BCUT2D eigenvalue weighted by molar-refractivity contribution is -0.583. The van der Waals surface area contributed by atoms with Crippen LogP contribution >= 0.6 is 0 Å². The second-order valence-corrected chi connectivity index (χ2v) is 3.87. The lowest BCUT2D eigenvalue weighted by Crippen LogP contribution is -2.29. The SMILES string of the molecule is COc1c2ccccc2c2ccccc2[n+]1[O-]. The Bertz CT molecular complexity index is 707. The third-order valence-corrected chi connectivity index (χ3v) is 2.95. The van der Waals surface area contributed by atoms with E-state index in [1.807, 2.05) is 42.5 Å². The molecular formula is C14H11NO2. The van der Waals surface area contributed by atoms with Crippen LogP contribution in [0.5, 0.6) is 5.88 Å². The van der Waals surface area contributed by atoms with Crippen LogP contribution in [0.2, 0.25) is 0 Å². The predicted octanol–water partition coefficient (Wildman–Crippen LogP) is 2.64. The van der Waals surface area contributed by atoms with Gasteiger partial charge in [-0.25, -0.2) is 0 Å². The van der Waals surface area contributed by atoms with E-state index in [0.29, 0.717) is 11.4 Å². The molecule has 1 aromatic heterocycles. The molecule has 0 amide bonds. The number of pyridine rings is 1. The molecule has 0 atom stereocenters. The van der Waals surface area contributed by atoms with Crippen LogP contribution < -0.4 is 9.47 Å². The smallest absolute Gasteiger partial charge is 0.387 e. The topological polar surface area (TPSA) is 36.2 Å². The van der Waals surface area contributed by atoms with Crippen LogP contribution in [-0.4, -0.2) is 7.11 Å². The first-order chi connectivity index (χ1) is 8.33. The third-order valence-electron chi connectivity index (χ3n) is 2.95. The number of hydrogen-bond donors (Lipinski definition) is 0. The van der Waals surface area contributed by atoms with Gasteiger partial charge < -0.3 is 9.94 Å². The molecule has 3 nitrogen and oxygen atoms in total. The number of para-hydroxylation sites is 1. The molecule has 0 fully saturated rings. The first-order valence-electron chi connectivity index (χ1n) is 5.40. The molecule has 0 spiro atoms. The zero-order valence-electron chi connectivity index (χ0n) is 9.38. The lowest BCUT2D eigenvalue weighted by atomic mass is 10.1. The molecule has 3 aromatic rings. The van der Waals surface area contributed by atoms with E-state index in [0.717, 1.165) is 20.9 Å². The predicted molar refractivity (Wildman–Crippen MR) is 67.0 cm³/mol. The normalized spacial score (nSPS) is 10.9. The fourth-order valence-corrected chi connectivity index (χ4v) is 2.19. The molecule has 0 aliphatic heterocycles. The molecule has 0 unspecified atom stereocenters. The second kappa shape index (κ2) is 3.63. The second-order valence-electron chi connectivity index (χ2n) is 3.87. The van der Waals surface area contributed by atoms with E-state index in [9.17, 15) is 5.21 Å². The van der Waals surface area contributed by atoms with E-state index in [-0.39, 0.29) is 0 Å². The van der Waals surface area contributed by atoms with Crippen LogP contribution in [0.4, 0.5) is 0 Å². The van der Waals surface area contributed by atoms with Crippen LogP contribution in [0, 0.1) is 5.21 Å². The van der Waals surface area contributed by atoms with Crippen molar-refractivity contribution in [1.82, 2.24) is 0 Å². The molecule has 2 aromatic carbocycles. The molecule has 84 valence electrons. The number of benzene rings is 2. The van der Waals surface area contributed by atoms with E-state index in [1.165, 1.54) is 7.11 Å². The molecule has 17 heavy (non-hydrogen) atoms. The van der Waals surface area contributed by atoms with Gasteiger partial charge in [0.25, 0.3) is 0 Å². The minimum atomic E-state index is 0.347. The van der Waals surface area contributed by atoms with Crippen molar-refractivity contribution < 1.29 is 9.47 Å². The quantitative estimate of drug-likeness (QED) is 0.362. The summed E-state index contributed by atoms with van der Waals surface area (Å²) in [5.74, 6) is 0.347. The molecule has 3 heteroatoms. The third kappa shape index (κ3) is 1.32. The zero-order valence-corrected chi connectivity index (χ0v) is 9.38. The average molecular weight is 225 g/mol. The van der Waals surface area contributed by atoms with E-state index >= 15 is 0 Å². The Morgan fingerprint density at radius 2 is 1.47 bits per heavy atom. The molecule has 0 aliphatic carbocycles. The lowest BCUT2D eigenvalue weighted by Gasteiger charge is -2.09. The standard InChI is InChI=1S/C14H11NO2/c1-17-14-12-8-3-2-6-10(12)11-7-4-5-9-13(11)15(14)16/h2-9H,1H3. The maximum atomic E-state index is 12.2. The Kier molecular flexibility index (Phi) is 2.11. The molecule has 0 saturated heterocycles. The Morgan fingerprint density at radius 1 is 0.882 bits per heavy atom. The summed E-state index contributed by atoms with van der Waals surface area (Å²) in [4.78, 5) is 0. The van der Waals surface area contributed by atoms with Gasteiger partial charge in [-0.2, -0.15) is 0 Å². The van der Waals surface area contributed by atoms with Crippen LogP contribution in [0.1, 0.15) is 0 Å². The van der Waals surface area contributed by atoms with Gasteiger partial charge in [0.2, 0.25) is 5.52 Å². The molecule has 0 radical (unpaired) electrons. The number of methoxy groups -OCH3 is 1. The van der Waals surface area contributed by atoms with Gasteiger partial charge in [-0.3, -0.25) is 0 Å². The molecule has 1 heterocycles. The summed E-state index contributed by atoms with van der Waals surface area (Å²) < 4.78 is 6.06. The Balaban J connectivity index is 2.64. The molecule has 0 aliphatic rings. The zero-order chi connectivity index (χ0) is 11.8. The molecule has 0 bridgehead atoms. The van der Waals surface area contributed by atoms with Crippen LogP contribution in [0.3, 0.4) is 0 Å². The number of ether oxygens (including phenoxy) is 1. The van der Waals surface area contributed by atoms with Gasteiger partial charge in [-0.05, 0) is 12.1 Å². The minimum absolute atomic E-state index is 0.347. The summed E-state index contributed by atoms with van der Waals surface area (Å²) >= 11 is 0. The highest BCUT2D eigenvalue weighted by atomic mass is 16.5. The van der Waals surface area contributed by atoms with E-state index < -0.39 is 0 Å². The monoisotopic (exact) mass is 225 g/mol. The van der Waals surface area contributed by atoms with Crippen molar-refractivity contribution in [3.8, 4) is 5.88 Å². The summed E-state index contributed by atoms with van der Waals surface area (Å²) in [7, 11) is 1.52. The minimum Gasteiger partial charge on any atom is -0.616 e. The van der Waals surface area contributed by atoms with Crippen molar-refractivity contribution in [1.29, 1.82) is 0 Å². The van der Waals surface area contributed by atoms with Gasteiger partial charge in [-0.1, -0.05) is 30.3 Å². The van der Waals surface area contributed by atoms with Gasteiger partial charge in [0.1, 0.15) is 0 Å². The Hall–Kier alpha value is -2.29. The largest absolute Gasteiger partial charge is 0.616 e. The first kappa shape index (κ1) is 9.90. The molecule has 0 saturated carbocycles. The number of rotatable bonds is 1. The molecule has 3 rings (SSSR count). The average Bonchev–Trinajstić information content (AvgIpc) is 2.40. The number of hydrogen-bond acceptors (Lipinski definition) is 2. The first-order valence-corrected chi connectivity index (χ1v) is 5.40. The van der Waals surface area contributed by atoms with Crippen molar-refractivity contribution in [2.24, 2.45) is 0 Å². The van der Waals surface area contributed by atoms with Crippen molar-refractivity contribution in [2.75, 3.05) is 7.11 Å².